The lowest BCUT2D eigenvalue weighted by Gasteiger charge is -2.05. The van der Waals surface area contributed by atoms with Gasteiger partial charge in [-0.3, -0.25) is 0 Å². The lowest BCUT2D eigenvalue weighted by atomic mass is 10.0. The zero-order valence-corrected chi connectivity index (χ0v) is 11.9. The average Bonchev–Trinajstić information content (AvgIpc) is 2.82. The maximum Gasteiger partial charge on any atom is 0.178 e. The van der Waals surface area contributed by atoms with Crippen LogP contribution in [0.3, 0.4) is 0 Å². The van der Waals surface area contributed by atoms with Crippen LogP contribution in [-0.2, 0) is 0 Å². The maximum atomic E-state index is 14.0. The number of aromatic nitrogens is 1. The fraction of sp³-hybridized carbons (Fsp3) is 0. The van der Waals surface area contributed by atoms with Crippen molar-refractivity contribution >= 4 is 21.7 Å². The molecular formula is C15H10BrFN2O. The Kier molecular flexibility index (Phi) is 3.28. The zero-order chi connectivity index (χ0) is 14.1. The summed E-state index contributed by atoms with van der Waals surface area (Å²) < 4.78 is 20.1. The van der Waals surface area contributed by atoms with Gasteiger partial charge in [0, 0.05) is 15.6 Å². The molecule has 3 aromatic rings. The fourth-order valence-corrected chi connectivity index (χ4v) is 2.52. The van der Waals surface area contributed by atoms with Gasteiger partial charge in [-0.1, -0.05) is 51.4 Å². The van der Waals surface area contributed by atoms with E-state index in [2.05, 4.69) is 21.1 Å². The third-order valence-corrected chi connectivity index (χ3v) is 3.67. The first kappa shape index (κ1) is 12.9. The first-order chi connectivity index (χ1) is 9.68. The first-order valence-corrected chi connectivity index (χ1v) is 6.72. The van der Waals surface area contributed by atoms with Gasteiger partial charge in [0.05, 0.1) is 5.56 Å². The number of nitrogens with two attached hydrogens (primary N) is 1. The Hall–Kier alpha value is -2.14. The zero-order valence-electron chi connectivity index (χ0n) is 10.3. The minimum absolute atomic E-state index is 0.167. The predicted octanol–water partition coefficient (Wildman–Crippen LogP) is 4.49. The third kappa shape index (κ3) is 2.10. The average molecular weight is 333 g/mol. The van der Waals surface area contributed by atoms with Crippen molar-refractivity contribution in [1.29, 1.82) is 0 Å². The van der Waals surface area contributed by atoms with Crippen LogP contribution in [-0.4, -0.2) is 5.16 Å². The standard InChI is InChI=1S/C15H10BrFN2O/c16-11-7-3-1-5-9(11)14-13(15(18)19-20-14)10-6-2-4-8-12(10)17/h1-8H,(H2,18,19). The molecule has 2 aromatic carbocycles. The van der Waals surface area contributed by atoms with Crippen molar-refractivity contribution in [3.05, 3.63) is 58.8 Å². The van der Waals surface area contributed by atoms with Crippen LogP contribution in [0.25, 0.3) is 22.5 Å². The number of anilines is 1. The number of rotatable bonds is 2. The van der Waals surface area contributed by atoms with Crippen LogP contribution in [0.4, 0.5) is 10.2 Å². The van der Waals surface area contributed by atoms with Crippen LogP contribution in [0.2, 0.25) is 0 Å². The van der Waals surface area contributed by atoms with Crippen molar-refractivity contribution in [2.24, 2.45) is 0 Å². The summed E-state index contributed by atoms with van der Waals surface area (Å²) in [6.45, 7) is 0. The van der Waals surface area contributed by atoms with Crippen molar-refractivity contribution < 1.29 is 8.91 Å². The molecule has 0 radical (unpaired) electrons. The van der Waals surface area contributed by atoms with Gasteiger partial charge in [-0.05, 0) is 18.2 Å². The molecule has 2 N–H and O–H groups in total. The molecule has 1 aromatic heterocycles. The van der Waals surface area contributed by atoms with Crippen molar-refractivity contribution in [3.8, 4) is 22.5 Å². The monoisotopic (exact) mass is 332 g/mol. The van der Waals surface area contributed by atoms with Crippen molar-refractivity contribution in [2.75, 3.05) is 5.73 Å². The van der Waals surface area contributed by atoms with E-state index in [4.69, 9.17) is 10.3 Å². The minimum atomic E-state index is -0.365. The third-order valence-electron chi connectivity index (χ3n) is 2.98. The SMILES string of the molecule is Nc1noc(-c2ccccc2Br)c1-c1ccccc1F. The molecule has 3 rings (SSSR count). The molecule has 0 saturated heterocycles. The largest absolute Gasteiger partial charge is 0.380 e. The van der Waals surface area contributed by atoms with E-state index in [0.717, 1.165) is 10.0 Å². The highest BCUT2D eigenvalue weighted by molar-refractivity contribution is 9.10. The summed E-state index contributed by atoms with van der Waals surface area (Å²) in [7, 11) is 0. The number of hydrogen-bond acceptors (Lipinski definition) is 3. The lowest BCUT2D eigenvalue weighted by molar-refractivity contribution is 0.436. The molecule has 0 unspecified atom stereocenters. The maximum absolute atomic E-state index is 14.0. The molecule has 100 valence electrons. The van der Waals surface area contributed by atoms with Crippen molar-refractivity contribution in [3.63, 3.8) is 0 Å². The second-order valence-electron chi connectivity index (χ2n) is 4.23. The smallest absolute Gasteiger partial charge is 0.178 e. The van der Waals surface area contributed by atoms with Gasteiger partial charge in [-0.25, -0.2) is 4.39 Å². The second kappa shape index (κ2) is 5.09. The molecule has 0 fully saturated rings. The summed E-state index contributed by atoms with van der Waals surface area (Å²) in [6, 6.07) is 13.9. The Morgan fingerprint density at radius 1 is 1.00 bits per heavy atom. The Labute approximate surface area is 123 Å². The quantitative estimate of drug-likeness (QED) is 0.752. The number of nitrogen functional groups attached to an aromatic ring is 1. The highest BCUT2D eigenvalue weighted by Gasteiger charge is 2.21. The predicted molar refractivity (Wildman–Crippen MR) is 79.4 cm³/mol. The van der Waals surface area contributed by atoms with E-state index in [1.54, 1.807) is 18.2 Å². The molecular weight excluding hydrogens is 323 g/mol. The van der Waals surface area contributed by atoms with E-state index < -0.39 is 0 Å². The lowest BCUT2D eigenvalue weighted by Crippen LogP contribution is -1.91. The van der Waals surface area contributed by atoms with E-state index in [1.807, 2.05) is 24.3 Å². The molecule has 0 atom stereocenters. The van der Waals surface area contributed by atoms with Gasteiger partial charge >= 0.3 is 0 Å². The Morgan fingerprint density at radius 3 is 2.35 bits per heavy atom. The molecule has 20 heavy (non-hydrogen) atoms. The molecule has 0 aliphatic heterocycles. The van der Waals surface area contributed by atoms with E-state index in [9.17, 15) is 4.39 Å². The molecule has 0 spiro atoms. The van der Waals surface area contributed by atoms with Crippen molar-refractivity contribution in [1.82, 2.24) is 5.16 Å². The van der Waals surface area contributed by atoms with Gasteiger partial charge in [0.25, 0.3) is 0 Å². The van der Waals surface area contributed by atoms with E-state index in [0.29, 0.717) is 16.9 Å². The van der Waals surface area contributed by atoms with Gasteiger partial charge in [0.1, 0.15) is 5.82 Å². The molecule has 3 nitrogen and oxygen atoms in total. The molecule has 0 bridgehead atoms. The molecule has 5 heteroatoms. The number of halogens is 2. The summed E-state index contributed by atoms with van der Waals surface area (Å²) in [4.78, 5) is 0. The van der Waals surface area contributed by atoms with E-state index in [1.165, 1.54) is 6.07 Å². The Morgan fingerprint density at radius 2 is 1.65 bits per heavy atom. The molecule has 0 amide bonds. The van der Waals surface area contributed by atoms with Crippen LogP contribution in [0, 0.1) is 5.82 Å². The van der Waals surface area contributed by atoms with Gasteiger partial charge < -0.3 is 10.3 Å². The molecule has 0 saturated carbocycles. The van der Waals surface area contributed by atoms with Gasteiger partial charge in [-0.2, -0.15) is 0 Å². The van der Waals surface area contributed by atoms with Crippen LogP contribution in [0.15, 0.2) is 57.5 Å². The summed E-state index contributed by atoms with van der Waals surface area (Å²) in [6.07, 6.45) is 0. The number of nitrogens with zero attached hydrogens (tertiary/aromatic N) is 1. The topological polar surface area (TPSA) is 52.0 Å². The molecule has 1 heterocycles. The van der Waals surface area contributed by atoms with Gasteiger partial charge in [0.2, 0.25) is 0 Å². The van der Waals surface area contributed by atoms with E-state index in [-0.39, 0.29) is 11.6 Å². The van der Waals surface area contributed by atoms with Gasteiger partial charge in [0.15, 0.2) is 11.6 Å². The van der Waals surface area contributed by atoms with Crippen LogP contribution in [0.1, 0.15) is 0 Å². The highest BCUT2D eigenvalue weighted by Crippen LogP contribution is 2.40. The van der Waals surface area contributed by atoms with Crippen molar-refractivity contribution in [2.45, 2.75) is 0 Å². The normalized spacial score (nSPS) is 10.7. The number of hydrogen-bond donors (Lipinski definition) is 1. The minimum Gasteiger partial charge on any atom is -0.380 e. The molecule has 0 aliphatic rings. The number of benzene rings is 2. The summed E-state index contributed by atoms with van der Waals surface area (Å²) in [5.74, 6) is 0.247. The molecule has 0 aliphatic carbocycles. The Bertz CT molecular complexity index is 770. The van der Waals surface area contributed by atoms with Crippen LogP contribution < -0.4 is 5.73 Å². The first-order valence-electron chi connectivity index (χ1n) is 5.93. The fourth-order valence-electron chi connectivity index (χ4n) is 2.06. The van der Waals surface area contributed by atoms with E-state index >= 15 is 0 Å². The van der Waals surface area contributed by atoms with Crippen LogP contribution >= 0.6 is 15.9 Å². The highest BCUT2D eigenvalue weighted by atomic mass is 79.9. The summed E-state index contributed by atoms with van der Waals surface area (Å²) in [5, 5.41) is 3.77. The summed E-state index contributed by atoms with van der Waals surface area (Å²) >= 11 is 3.45. The van der Waals surface area contributed by atoms with Gasteiger partial charge in [-0.15, -0.1) is 0 Å². The van der Waals surface area contributed by atoms with Crippen LogP contribution in [0.5, 0.6) is 0 Å². The second-order valence-corrected chi connectivity index (χ2v) is 5.09. The Balaban J connectivity index is 2.26. The summed E-state index contributed by atoms with van der Waals surface area (Å²) in [5.41, 5.74) is 7.46.